The van der Waals surface area contributed by atoms with Crippen LogP contribution in [0.1, 0.15) is 75.8 Å². The fourth-order valence-electron chi connectivity index (χ4n) is 5.95. The number of nitrogens with zero attached hydrogens (tertiary/aromatic N) is 1. The van der Waals surface area contributed by atoms with Gasteiger partial charge < -0.3 is 23.8 Å². The maximum Gasteiger partial charge on any atom is 0.142 e. The van der Waals surface area contributed by atoms with Crippen molar-refractivity contribution in [2.45, 2.75) is 77.4 Å². The molecule has 2 aromatic rings. The molecule has 0 saturated heterocycles. The zero-order valence-corrected chi connectivity index (χ0v) is 23.4. The van der Waals surface area contributed by atoms with E-state index in [4.69, 9.17) is 18.9 Å². The van der Waals surface area contributed by atoms with E-state index in [1.165, 1.54) is 48.9 Å². The van der Waals surface area contributed by atoms with Gasteiger partial charge in [0.25, 0.3) is 0 Å². The summed E-state index contributed by atoms with van der Waals surface area (Å²) in [6.45, 7) is 8.71. The molecule has 1 aliphatic heterocycles. The number of benzene rings is 2. The Morgan fingerprint density at radius 1 is 1.03 bits per heavy atom. The van der Waals surface area contributed by atoms with E-state index in [0.717, 1.165) is 62.5 Å². The van der Waals surface area contributed by atoms with Crippen LogP contribution in [0, 0.1) is 11.8 Å². The summed E-state index contributed by atoms with van der Waals surface area (Å²) in [5, 5.41) is 0. The zero-order chi connectivity index (χ0) is 26.0. The molecule has 5 nitrogen and oxygen atoms in total. The Morgan fingerprint density at radius 3 is 2.62 bits per heavy atom. The number of fused-ring (bicyclic) bond motifs is 1. The minimum Gasteiger partial charge on any atom is -0.497 e. The number of hydrogen-bond donors (Lipinski definition) is 0. The van der Waals surface area contributed by atoms with E-state index in [1.54, 1.807) is 14.2 Å². The second kappa shape index (κ2) is 14.1. The van der Waals surface area contributed by atoms with Crippen molar-refractivity contribution < 1.29 is 18.9 Å². The van der Waals surface area contributed by atoms with Gasteiger partial charge in [-0.25, -0.2) is 0 Å². The highest BCUT2D eigenvalue weighted by atomic mass is 16.5. The number of methoxy groups -OCH3 is 2. The van der Waals surface area contributed by atoms with Crippen LogP contribution >= 0.6 is 0 Å². The monoisotopic (exact) mass is 509 g/mol. The molecular formula is C32H47NO4. The van der Waals surface area contributed by atoms with Crippen LogP contribution in [0.25, 0.3) is 0 Å². The highest BCUT2D eigenvalue weighted by Gasteiger charge is 2.32. The number of rotatable bonds is 13. The van der Waals surface area contributed by atoms with Gasteiger partial charge in [0.15, 0.2) is 0 Å². The van der Waals surface area contributed by atoms with E-state index in [9.17, 15) is 0 Å². The SMILES string of the molecule is COCCCN1CCOc2ccc(CO[C@H]3CC[C@H](CCCC(C)C)C[C@@H]3c3ccc(OC)cc3)cc21. The van der Waals surface area contributed by atoms with Crippen LogP contribution in [0.2, 0.25) is 0 Å². The molecule has 0 radical (unpaired) electrons. The third-order valence-corrected chi connectivity index (χ3v) is 8.06. The third-order valence-electron chi connectivity index (χ3n) is 8.06. The molecule has 4 rings (SSSR count). The van der Waals surface area contributed by atoms with Crippen molar-refractivity contribution >= 4 is 5.69 Å². The number of hydrogen-bond acceptors (Lipinski definition) is 5. The molecule has 2 aliphatic rings. The zero-order valence-electron chi connectivity index (χ0n) is 23.4. The van der Waals surface area contributed by atoms with Crippen molar-refractivity contribution in [3.63, 3.8) is 0 Å². The lowest BCUT2D eigenvalue weighted by Crippen LogP contribution is -2.34. The molecule has 3 atom stereocenters. The van der Waals surface area contributed by atoms with Crippen LogP contribution < -0.4 is 14.4 Å². The first-order chi connectivity index (χ1) is 18.1. The Hall–Kier alpha value is -2.24. The summed E-state index contributed by atoms with van der Waals surface area (Å²) >= 11 is 0. The maximum absolute atomic E-state index is 6.70. The minimum absolute atomic E-state index is 0.236. The Morgan fingerprint density at radius 2 is 1.86 bits per heavy atom. The van der Waals surface area contributed by atoms with Crippen LogP contribution in [0.5, 0.6) is 11.5 Å². The van der Waals surface area contributed by atoms with E-state index in [1.807, 2.05) is 0 Å². The lowest BCUT2D eigenvalue weighted by Gasteiger charge is -2.37. The summed E-state index contributed by atoms with van der Waals surface area (Å²) in [7, 11) is 3.50. The van der Waals surface area contributed by atoms with Gasteiger partial charge in [0.1, 0.15) is 18.1 Å². The summed E-state index contributed by atoms with van der Waals surface area (Å²) in [4.78, 5) is 2.42. The van der Waals surface area contributed by atoms with E-state index in [2.05, 4.69) is 61.2 Å². The Labute approximate surface area is 224 Å². The molecule has 5 heteroatoms. The normalized spacial score (nSPS) is 21.5. The van der Waals surface area contributed by atoms with Crippen LogP contribution in [0.15, 0.2) is 42.5 Å². The maximum atomic E-state index is 6.70. The molecule has 0 bridgehead atoms. The number of anilines is 1. The van der Waals surface area contributed by atoms with Gasteiger partial charge in [-0.1, -0.05) is 51.3 Å². The quantitative estimate of drug-likeness (QED) is 0.267. The number of ether oxygens (including phenoxy) is 4. The topological polar surface area (TPSA) is 40.2 Å². The van der Waals surface area contributed by atoms with Crippen molar-refractivity contribution in [2.75, 3.05) is 45.4 Å². The van der Waals surface area contributed by atoms with Crippen LogP contribution in [0.3, 0.4) is 0 Å². The molecule has 0 N–H and O–H groups in total. The van der Waals surface area contributed by atoms with E-state index < -0.39 is 0 Å². The molecule has 37 heavy (non-hydrogen) atoms. The standard InChI is InChI=1S/C32H47NO4/c1-24(2)7-5-8-25-9-15-31(29(21-25)27-11-13-28(35-4)14-12-27)37-23-26-10-16-32-30(22-26)33(18-20-36-32)17-6-19-34-3/h10-14,16,22,24-25,29,31H,5-9,15,17-21,23H2,1-4H3/t25-,29+,31-/m0/s1. The molecule has 2 aromatic carbocycles. The van der Waals surface area contributed by atoms with Gasteiger partial charge in [0, 0.05) is 26.2 Å². The molecule has 0 spiro atoms. The first-order valence-electron chi connectivity index (χ1n) is 14.3. The highest BCUT2D eigenvalue weighted by Crippen LogP contribution is 2.41. The summed E-state index contributed by atoms with van der Waals surface area (Å²) in [6, 6.07) is 15.2. The highest BCUT2D eigenvalue weighted by molar-refractivity contribution is 5.61. The fourth-order valence-corrected chi connectivity index (χ4v) is 5.95. The molecule has 1 fully saturated rings. The molecule has 1 saturated carbocycles. The van der Waals surface area contributed by atoms with Crippen molar-refractivity contribution in [1.82, 2.24) is 0 Å². The van der Waals surface area contributed by atoms with Crippen molar-refractivity contribution in [3.8, 4) is 11.5 Å². The predicted octanol–water partition coefficient (Wildman–Crippen LogP) is 7.23. The molecule has 0 unspecified atom stereocenters. The second-order valence-electron chi connectivity index (χ2n) is 11.2. The minimum atomic E-state index is 0.236. The Balaban J connectivity index is 1.42. The third kappa shape index (κ3) is 7.87. The summed E-state index contributed by atoms with van der Waals surface area (Å²) < 4.78 is 23.3. The van der Waals surface area contributed by atoms with Gasteiger partial charge in [-0.2, -0.15) is 0 Å². The molecule has 1 aliphatic carbocycles. The predicted molar refractivity (Wildman–Crippen MR) is 151 cm³/mol. The van der Waals surface area contributed by atoms with Gasteiger partial charge in [-0.05, 0) is 72.9 Å². The van der Waals surface area contributed by atoms with Gasteiger partial charge in [0.05, 0.1) is 32.1 Å². The summed E-state index contributed by atoms with van der Waals surface area (Å²) in [6.07, 6.45) is 8.85. The fraction of sp³-hybridized carbons (Fsp3) is 0.625. The van der Waals surface area contributed by atoms with Crippen molar-refractivity contribution in [1.29, 1.82) is 0 Å². The van der Waals surface area contributed by atoms with Crippen LogP contribution in [-0.2, 0) is 16.1 Å². The lowest BCUT2D eigenvalue weighted by atomic mass is 9.74. The molecule has 0 amide bonds. The molecule has 0 aromatic heterocycles. The summed E-state index contributed by atoms with van der Waals surface area (Å²) in [5.74, 6) is 3.89. The van der Waals surface area contributed by atoms with E-state index in [-0.39, 0.29) is 6.10 Å². The average Bonchev–Trinajstić information content (AvgIpc) is 2.92. The average molecular weight is 510 g/mol. The molecular weight excluding hydrogens is 462 g/mol. The summed E-state index contributed by atoms with van der Waals surface area (Å²) in [5.41, 5.74) is 3.78. The van der Waals surface area contributed by atoms with Gasteiger partial charge >= 0.3 is 0 Å². The largest absolute Gasteiger partial charge is 0.497 e. The van der Waals surface area contributed by atoms with Crippen molar-refractivity contribution in [3.05, 3.63) is 53.6 Å². The lowest BCUT2D eigenvalue weighted by molar-refractivity contribution is -0.00960. The smallest absolute Gasteiger partial charge is 0.142 e. The van der Waals surface area contributed by atoms with Crippen LogP contribution in [0.4, 0.5) is 5.69 Å². The first kappa shape index (κ1) is 27.8. The Bertz CT molecular complexity index is 944. The Kier molecular flexibility index (Phi) is 10.6. The van der Waals surface area contributed by atoms with Gasteiger partial charge in [0.2, 0.25) is 0 Å². The van der Waals surface area contributed by atoms with Gasteiger partial charge in [-0.3, -0.25) is 0 Å². The molecule has 1 heterocycles. The van der Waals surface area contributed by atoms with Gasteiger partial charge in [-0.15, -0.1) is 0 Å². The first-order valence-corrected chi connectivity index (χ1v) is 14.3. The van der Waals surface area contributed by atoms with Crippen LogP contribution in [-0.4, -0.2) is 46.6 Å². The van der Waals surface area contributed by atoms with Crippen molar-refractivity contribution in [2.24, 2.45) is 11.8 Å². The molecule has 204 valence electrons. The van der Waals surface area contributed by atoms with E-state index >= 15 is 0 Å². The van der Waals surface area contributed by atoms with E-state index in [0.29, 0.717) is 12.5 Å². The second-order valence-corrected chi connectivity index (χ2v) is 11.2.